The third kappa shape index (κ3) is 4.53. The van der Waals surface area contributed by atoms with E-state index >= 15 is 0 Å². The Kier molecular flexibility index (Phi) is 6.16. The standard InChI is InChI=1S/C25H28N4O2/c1-3-28-12-13-29(25(31)23-15-26-17-27-23)16-21(24(28)30)14-20-6-4-5-7-22(20)19-10-8-18(2)9-11-19/h4-11,15,17,21H,3,12-14,16H2,1-2H3,(H,26,27)/t21-/m0/s1. The quantitative estimate of drug-likeness (QED) is 0.692. The summed E-state index contributed by atoms with van der Waals surface area (Å²) in [6.07, 6.45) is 3.63. The molecule has 0 aliphatic carbocycles. The lowest BCUT2D eigenvalue weighted by molar-refractivity contribution is -0.134. The molecular weight excluding hydrogens is 388 g/mol. The van der Waals surface area contributed by atoms with Crippen LogP contribution in [0, 0.1) is 12.8 Å². The largest absolute Gasteiger partial charge is 0.341 e. The molecule has 2 aromatic carbocycles. The molecule has 6 heteroatoms. The number of carbonyl (C=O) groups excluding carboxylic acids is 2. The van der Waals surface area contributed by atoms with E-state index in [2.05, 4.69) is 53.3 Å². The number of benzene rings is 2. The Bertz CT molecular complexity index is 1040. The van der Waals surface area contributed by atoms with Gasteiger partial charge < -0.3 is 14.8 Å². The monoisotopic (exact) mass is 416 g/mol. The highest BCUT2D eigenvalue weighted by atomic mass is 16.2. The van der Waals surface area contributed by atoms with E-state index in [1.54, 1.807) is 4.90 Å². The number of rotatable bonds is 5. The number of hydrogen-bond donors (Lipinski definition) is 1. The summed E-state index contributed by atoms with van der Waals surface area (Å²) in [5, 5.41) is 0. The molecule has 2 amide bonds. The van der Waals surface area contributed by atoms with Gasteiger partial charge in [0.1, 0.15) is 5.69 Å². The molecule has 4 rings (SSSR count). The lowest BCUT2D eigenvalue weighted by Gasteiger charge is -2.24. The summed E-state index contributed by atoms with van der Waals surface area (Å²) in [6, 6.07) is 16.7. The molecule has 1 saturated heterocycles. The number of aromatic nitrogens is 2. The topological polar surface area (TPSA) is 69.3 Å². The molecule has 0 radical (unpaired) electrons. The van der Waals surface area contributed by atoms with E-state index in [1.807, 2.05) is 24.0 Å². The number of nitrogens with one attached hydrogen (secondary N) is 1. The maximum Gasteiger partial charge on any atom is 0.271 e. The van der Waals surface area contributed by atoms with Crippen molar-refractivity contribution in [1.82, 2.24) is 19.8 Å². The van der Waals surface area contributed by atoms with Crippen LogP contribution in [-0.4, -0.2) is 57.8 Å². The first kappa shape index (κ1) is 20.8. The summed E-state index contributed by atoms with van der Waals surface area (Å²) in [5.41, 5.74) is 5.06. The van der Waals surface area contributed by atoms with Crippen LogP contribution in [0.25, 0.3) is 11.1 Å². The molecule has 6 nitrogen and oxygen atoms in total. The zero-order chi connectivity index (χ0) is 21.8. The van der Waals surface area contributed by atoms with Crippen LogP contribution in [0.5, 0.6) is 0 Å². The Labute approximate surface area is 182 Å². The predicted octanol–water partition coefficient (Wildman–Crippen LogP) is 3.55. The Morgan fingerprint density at radius 1 is 1.13 bits per heavy atom. The SMILES string of the molecule is CCN1CCN(C(=O)c2cnc[nH]2)C[C@H](Cc2ccccc2-c2ccc(C)cc2)C1=O. The van der Waals surface area contributed by atoms with Gasteiger partial charge in [-0.25, -0.2) is 4.98 Å². The van der Waals surface area contributed by atoms with Gasteiger partial charge in [0.05, 0.1) is 18.4 Å². The van der Waals surface area contributed by atoms with Crippen LogP contribution < -0.4 is 0 Å². The van der Waals surface area contributed by atoms with Gasteiger partial charge in [-0.05, 0) is 37.0 Å². The van der Waals surface area contributed by atoms with Crippen molar-refractivity contribution in [2.24, 2.45) is 5.92 Å². The molecule has 1 fully saturated rings. The van der Waals surface area contributed by atoms with E-state index in [1.165, 1.54) is 18.1 Å². The number of hydrogen-bond acceptors (Lipinski definition) is 3. The highest BCUT2D eigenvalue weighted by Crippen LogP contribution is 2.27. The van der Waals surface area contributed by atoms with Gasteiger partial charge in [0, 0.05) is 26.2 Å². The molecule has 3 aromatic rings. The van der Waals surface area contributed by atoms with E-state index < -0.39 is 0 Å². The van der Waals surface area contributed by atoms with E-state index in [-0.39, 0.29) is 17.7 Å². The highest BCUT2D eigenvalue weighted by Gasteiger charge is 2.32. The number of H-pyrrole nitrogens is 1. The summed E-state index contributed by atoms with van der Waals surface area (Å²) in [4.78, 5) is 36.7. The van der Waals surface area contributed by atoms with Crippen molar-refractivity contribution in [3.63, 3.8) is 0 Å². The average Bonchev–Trinajstić information content (AvgIpc) is 3.28. The molecule has 2 heterocycles. The third-order valence-corrected chi connectivity index (χ3v) is 5.99. The molecule has 0 spiro atoms. The minimum absolute atomic E-state index is 0.111. The van der Waals surface area contributed by atoms with Crippen LogP contribution in [0.4, 0.5) is 0 Å². The molecule has 1 aliphatic rings. The van der Waals surface area contributed by atoms with E-state index in [0.29, 0.717) is 38.3 Å². The molecule has 1 aromatic heterocycles. The number of carbonyl (C=O) groups is 2. The van der Waals surface area contributed by atoms with Gasteiger partial charge in [0.25, 0.3) is 5.91 Å². The van der Waals surface area contributed by atoms with Gasteiger partial charge in [-0.1, -0.05) is 54.1 Å². The number of nitrogens with zero attached hydrogens (tertiary/aromatic N) is 3. The van der Waals surface area contributed by atoms with Crippen LogP contribution in [0.3, 0.4) is 0 Å². The van der Waals surface area contributed by atoms with Crippen molar-refractivity contribution in [3.8, 4) is 11.1 Å². The molecular formula is C25H28N4O2. The predicted molar refractivity (Wildman–Crippen MR) is 121 cm³/mol. The number of likely N-dealkylation sites (N-methyl/N-ethyl adjacent to an activating group) is 1. The number of imidazole rings is 1. The van der Waals surface area contributed by atoms with Gasteiger partial charge in [-0.3, -0.25) is 9.59 Å². The summed E-state index contributed by atoms with van der Waals surface area (Å²) >= 11 is 0. The van der Waals surface area contributed by atoms with Crippen molar-refractivity contribution >= 4 is 11.8 Å². The lowest BCUT2D eigenvalue weighted by Crippen LogP contribution is -2.38. The van der Waals surface area contributed by atoms with Crippen LogP contribution in [-0.2, 0) is 11.2 Å². The minimum Gasteiger partial charge on any atom is -0.341 e. The van der Waals surface area contributed by atoms with Gasteiger partial charge in [0.2, 0.25) is 5.91 Å². The third-order valence-electron chi connectivity index (χ3n) is 5.99. The van der Waals surface area contributed by atoms with Crippen molar-refractivity contribution in [3.05, 3.63) is 77.9 Å². The molecule has 0 unspecified atom stereocenters. The summed E-state index contributed by atoms with van der Waals surface area (Å²) < 4.78 is 0. The first-order valence-electron chi connectivity index (χ1n) is 10.8. The Morgan fingerprint density at radius 3 is 2.61 bits per heavy atom. The first-order valence-corrected chi connectivity index (χ1v) is 10.8. The smallest absolute Gasteiger partial charge is 0.271 e. The van der Waals surface area contributed by atoms with E-state index in [9.17, 15) is 9.59 Å². The molecule has 0 bridgehead atoms. The molecule has 31 heavy (non-hydrogen) atoms. The number of aromatic amines is 1. The highest BCUT2D eigenvalue weighted by molar-refractivity contribution is 5.93. The summed E-state index contributed by atoms with van der Waals surface area (Å²) in [7, 11) is 0. The Hall–Kier alpha value is -3.41. The molecule has 1 aliphatic heterocycles. The minimum atomic E-state index is -0.291. The van der Waals surface area contributed by atoms with Crippen molar-refractivity contribution < 1.29 is 9.59 Å². The zero-order valence-corrected chi connectivity index (χ0v) is 18.0. The average molecular weight is 417 g/mol. The molecule has 160 valence electrons. The second-order valence-corrected chi connectivity index (χ2v) is 8.06. The Morgan fingerprint density at radius 2 is 1.90 bits per heavy atom. The maximum absolute atomic E-state index is 13.3. The van der Waals surface area contributed by atoms with Gasteiger partial charge in [-0.15, -0.1) is 0 Å². The first-order chi connectivity index (χ1) is 15.1. The van der Waals surface area contributed by atoms with Crippen LogP contribution in [0.1, 0.15) is 28.5 Å². The normalized spacial score (nSPS) is 17.0. The van der Waals surface area contributed by atoms with Gasteiger partial charge in [-0.2, -0.15) is 0 Å². The maximum atomic E-state index is 13.3. The zero-order valence-electron chi connectivity index (χ0n) is 18.0. The number of aryl methyl sites for hydroxylation is 1. The fraction of sp³-hybridized carbons (Fsp3) is 0.320. The number of amides is 2. The fourth-order valence-corrected chi connectivity index (χ4v) is 4.22. The van der Waals surface area contributed by atoms with Crippen LogP contribution in [0.15, 0.2) is 61.1 Å². The molecule has 1 N–H and O–H groups in total. The van der Waals surface area contributed by atoms with E-state index in [4.69, 9.17) is 0 Å². The lowest BCUT2D eigenvalue weighted by atomic mass is 9.91. The molecule has 0 saturated carbocycles. The summed E-state index contributed by atoms with van der Waals surface area (Å²) in [5.74, 6) is -0.290. The second kappa shape index (κ2) is 9.16. The summed E-state index contributed by atoms with van der Waals surface area (Å²) in [6.45, 7) is 6.17. The fourth-order valence-electron chi connectivity index (χ4n) is 4.22. The molecule has 1 atom stereocenters. The second-order valence-electron chi connectivity index (χ2n) is 8.06. The van der Waals surface area contributed by atoms with Crippen molar-refractivity contribution in [2.45, 2.75) is 20.3 Å². The van der Waals surface area contributed by atoms with Crippen molar-refractivity contribution in [2.75, 3.05) is 26.2 Å². The van der Waals surface area contributed by atoms with Gasteiger partial charge >= 0.3 is 0 Å². The van der Waals surface area contributed by atoms with Crippen LogP contribution in [0.2, 0.25) is 0 Å². The van der Waals surface area contributed by atoms with Gasteiger partial charge in [0.15, 0.2) is 0 Å². The Balaban J connectivity index is 1.63. The van der Waals surface area contributed by atoms with Crippen molar-refractivity contribution in [1.29, 1.82) is 0 Å². The van der Waals surface area contributed by atoms with Crippen LogP contribution >= 0.6 is 0 Å². The van der Waals surface area contributed by atoms with E-state index in [0.717, 1.165) is 16.7 Å².